The van der Waals surface area contributed by atoms with Crippen molar-refractivity contribution in [2.45, 2.75) is 39.2 Å². The van der Waals surface area contributed by atoms with Crippen LogP contribution < -0.4 is 5.32 Å². The third-order valence-electron chi connectivity index (χ3n) is 4.48. The Bertz CT molecular complexity index is 295. The fraction of sp³-hybridized carbons (Fsp3) is 0.929. The number of carbonyl (C=O) groups excluding carboxylic acids is 1. The highest BCUT2D eigenvalue weighted by molar-refractivity contribution is 5.83. The molecule has 2 heterocycles. The van der Waals surface area contributed by atoms with E-state index in [-0.39, 0.29) is 5.41 Å². The summed E-state index contributed by atoms with van der Waals surface area (Å²) in [6, 6.07) is 0.385. The molecule has 0 aliphatic carbocycles. The van der Waals surface area contributed by atoms with Crippen molar-refractivity contribution < 1.29 is 9.53 Å². The number of nitrogens with zero attached hydrogens (tertiary/aromatic N) is 1. The number of carbonyl (C=O) groups is 1. The van der Waals surface area contributed by atoms with Gasteiger partial charge in [0.1, 0.15) is 0 Å². The van der Waals surface area contributed by atoms with Gasteiger partial charge in [0.05, 0.1) is 12.0 Å². The summed E-state index contributed by atoms with van der Waals surface area (Å²) >= 11 is 0. The third kappa shape index (κ3) is 2.54. The van der Waals surface area contributed by atoms with Crippen LogP contribution in [0.2, 0.25) is 0 Å². The van der Waals surface area contributed by atoms with Crippen molar-refractivity contribution in [1.29, 1.82) is 0 Å². The fourth-order valence-electron chi connectivity index (χ4n) is 3.49. The maximum atomic E-state index is 12.9. The molecule has 0 aromatic heterocycles. The van der Waals surface area contributed by atoms with Crippen LogP contribution in [-0.4, -0.2) is 50.2 Å². The first-order valence-corrected chi connectivity index (χ1v) is 7.10. The van der Waals surface area contributed by atoms with E-state index >= 15 is 0 Å². The molecule has 4 nitrogen and oxygen atoms in total. The second-order valence-electron chi connectivity index (χ2n) is 6.11. The van der Waals surface area contributed by atoms with Crippen molar-refractivity contribution in [2.75, 3.05) is 33.4 Å². The largest absolute Gasteiger partial charge is 0.384 e. The van der Waals surface area contributed by atoms with Crippen molar-refractivity contribution in [3.63, 3.8) is 0 Å². The van der Waals surface area contributed by atoms with E-state index < -0.39 is 0 Å². The van der Waals surface area contributed by atoms with Gasteiger partial charge in [-0.05, 0) is 45.2 Å². The number of hydrogen-bond acceptors (Lipinski definition) is 3. The first-order valence-electron chi connectivity index (χ1n) is 7.10. The molecule has 2 aliphatic rings. The van der Waals surface area contributed by atoms with E-state index in [0.717, 1.165) is 38.9 Å². The number of amides is 1. The Morgan fingerprint density at radius 2 is 2.06 bits per heavy atom. The SMILES string of the molecule is COCC1(C(=O)N2CC(C)CC2C)CCNCC1. The van der Waals surface area contributed by atoms with Crippen LogP contribution in [0.3, 0.4) is 0 Å². The highest BCUT2D eigenvalue weighted by atomic mass is 16.5. The normalized spacial score (nSPS) is 31.6. The molecule has 0 aromatic rings. The second kappa shape index (κ2) is 5.57. The Balaban J connectivity index is 2.12. The van der Waals surface area contributed by atoms with E-state index in [1.807, 2.05) is 0 Å². The predicted molar refractivity (Wildman–Crippen MR) is 71.4 cm³/mol. The summed E-state index contributed by atoms with van der Waals surface area (Å²) in [5.41, 5.74) is -0.279. The number of ether oxygens (including phenoxy) is 1. The Kier molecular flexibility index (Phi) is 4.28. The quantitative estimate of drug-likeness (QED) is 0.824. The molecule has 2 fully saturated rings. The van der Waals surface area contributed by atoms with Crippen molar-refractivity contribution in [3.8, 4) is 0 Å². The molecule has 2 atom stereocenters. The minimum atomic E-state index is -0.279. The molecular weight excluding hydrogens is 228 g/mol. The molecule has 18 heavy (non-hydrogen) atoms. The van der Waals surface area contributed by atoms with Crippen molar-refractivity contribution in [1.82, 2.24) is 10.2 Å². The number of methoxy groups -OCH3 is 1. The zero-order valence-corrected chi connectivity index (χ0v) is 11.9. The second-order valence-corrected chi connectivity index (χ2v) is 6.11. The van der Waals surface area contributed by atoms with Gasteiger partial charge in [-0.15, -0.1) is 0 Å². The van der Waals surface area contributed by atoms with Crippen molar-refractivity contribution >= 4 is 5.91 Å². The molecule has 4 heteroatoms. The lowest BCUT2D eigenvalue weighted by Crippen LogP contribution is -2.52. The maximum Gasteiger partial charge on any atom is 0.231 e. The number of hydrogen-bond donors (Lipinski definition) is 1. The van der Waals surface area contributed by atoms with Crippen LogP contribution in [0.25, 0.3) is 0 Å². The van der Waals surface area contributed by atoms with Gasteiger partial charge in [-0.25, -0.2) is 0 Å². The van der Waals surface area contributed by atoms with Gasteiger partial charge in [0.2, 0.25) is 5.91 Å². The van der Waals surface area contributed by atoms with E-state index in [1.165, 1.54) is 0 Å². The van der Waals surface area contributed by atoms with Gasteiger partial charge in [-0.3, -0.25) is 4.79 Å². The highest BCUT2D eigenvalue weighted by Crippen LogP contribution is 2.35. The number of rotatable bonds is 3. The van der Waals surface area contributed by atoms with Crippen LogP contribution in [0.1, 0.15) is 33.1 Å². The summed E-state index contributed by atoms with van der Waals surface area (Å²) in [4.78, 5) is 15.0. The van der Waals surface area contributed by atoms with Crippen LogP contribution in [0, 0.1) is 11.3 Å². The highest BCUT2D eigenvalue weighted by Gasteiger charge is 2.45. The first-order chi connectivity index (χ1) is 8.59. The average molecular weight is 254 g/mol. The number of piperidine rings is 1. The minimum Gasteiger partial charge on any atom is -0.384 e. The molecule has 2 rings (SSSR count). The Morgan fingerprint density at radius 1 is 1.39 bits per heavy atom. The molecule has 0 aromatic carbocycles. The molecule has 2 aliphatic heterocycles. The number of nitrogens with one attached hydrogen (secondary N) is 1. The average Bonchev–Trinajstić information content (AvgIpc) is 2.69. The van der Waals surface area contributed by atoms with E-state index in [0.29, 0.717) is 24.5 Å². The summed E-state index contributed by atoms with van der Waals surface area (Å²) in [5, 5.41) is 3.34. The molecule has 0 saturated carbocycles. The standard InChI is InChI=1S/C14H26N2O2/c1-11-8-12(2)16(9-11)13(17)14(10-18-3)4-6-15-7-5-14/h11-12,15H,4-10H2,1-3H3. The van der Waals surface area contributed by atoms with Crippen LogP contribution in [-0.2, 0) is 9.53 Å². The van der Waals surface area contributed by atoms with Gasteiger partial charge in [0.25, 0.3) is 0 Å². The van der Waals surface area contributed by atoms with E-state index in [2.05, 4.69) is 24.1 Å². The lowest BCUT2D eigenvalue weighted by atomic mass is 9.78. The smallest absolute Gasteiger partial charge is 0.231 e. The Morgan fingerprint density at radius 3 is 2.56 bits per heavy atom. The molecule has 104 valence electrons. The predicted octanol–water partition coefficient (Wildman–Crippen LogP) is 1.26. The Hall–Kier alpha value is -0.610. The molecule has 1 amide bonds. The Labute approximate surface area is 110 Å². The summed E-state index contributed by atoms with van der Waals surface area (Å²) in [6.07, 6.45) is 2.93. The summed E-state index contributed by atoms with van der Waals surface area (Å²) in [6.45, 7) is 7.72. The molecule has 1 N–H and O–H groups in total. The molecule has 2 saturated heterocycles. The minimum absolute atomic E-state index is 0.279. The van der Waals surface area contributed by atoms with E-state index in [1.54, 1.807) is 7.11 Å². The molecule has 0 radical (unpaired) electrons. The van der Waals surface area contributed by atoms with Crippen LogP contribution in [0.5, 0.6) is 0 Å². The van der Waals surface area contributed by atoms with Crippen molar-refractivity contribution in [2.24, 2.45) is 11.3 Å². The molecular formula is C14H26N2O2. The summed E-state index contributed by atoms with van der Waals surface area (Å²) < 4.78 is 5.35. The van der Waals surface area contributed by atoms with Gasteiger partial charge < -0.3 is 15.0 Å². The maximum absolute atomic E-state index is 12.9. The van der Waals surface area contributed by atoms with Crippen LogP contribution in [0.15, 0.2) is 0 Å². The van der Waals surface area contributed by atoms with Gasteiger partial charge in [0, 0.05) is 19.7 Å². The van der Waals surface area contributed by atoms with Crippen LogP contribution in [0.4, 0.5) is 0 Å². The molecule has 0 spiro atoms. The van der Waals surface area contributed by atoms with Gasteiger partial charge in [-0.1, -0.05) is 6.92 Å². The zero-order valence-electron chi connectivity index (χ0n) is 11.9. The van der Waals surface area contributed by atoms with Gasteiger partial charge >= 0.3 is 0 Å². The lowest BCUT2D eigenvalue weighted by molar-refractivity contribution is -0.148. The zero-order chi connectivity index (χ0) is 13.2. The van der Waals surface area contributed by atoms with E-state index in [4.69, 9.17) is 4.74 Å². The topological polar surface area (TPSA) is 41.6 Å². The third-order valence-corrected chi connectivity index (χ3v) is 4.48. The first kappa shape index (κ1) is 13.8. The van der Waals surface area contributed by atoms with Gasteiger partial charge in [0.15, 0.2) is 0 Å². The van der Waals surface area contributed by atoms with Crippen LogP contribution >= 0.6 is 0 Å². The molecule has 2 unspecified atom stereocenters. The van der Waals surface area contributed by atoms with Gasteiger partial charge in [-0.2, -0.15) is 0 Å². The monoisotopic (exact) mass is 254 g/mol. The summed E-state index contributed by atoms with van der Waals surface area (Å²) in [5.74, 6) is 0.952. The summed E-state index contributed by atoms with van der Waals surface area (Å²) in [7, 11) is 1.70. The van der Waals surface area contributed by atoms with Crippen molar-refractivity contribution in [3.05, 3.63) is 0 Å². The fourth-order valence-corrected chi connectivity index (χ4v) is 3.49. The molecule has 0 bridgehead atoms. The van der Waals surface area contributed by atoms with E-state index in [9.17, 15) is 4.79 Å². The lowest BCUT2D eigenvalue weighted by Gasteiger charge is -2.39. The number of likely N-dealkylation sites (tertiary alicyclic amines) is 1.